The predicted octanol–water partition coefficient (Wildman–Crippen LogP) is 3.58. The van der Waals surface area contributed by atoms with Gasteiger partial charge in [0.15, 0.2) is 11.6 Å². The van der Waals surface area contributed by atoms with Crippen molar-refractivity contribution in [2.24, 2.45) is 0 Å². The van der Waals surface area contributed by atoms with Crippen LogP contribution in [0.4, 0.5) is 8.78 Å². The Balaban J connectivity index is 2.04. The lowest BCUT2D eigenvalue weighted by Crippen LogP contribution is -2.00. The first-order chi connectivity index (χ1) is 11.1. The number of methoxy groups -OCH3 is 1. The highest BCUT2D eigenvalue weighted by atomic mass is 19.2. The number of benzene rings is 2. The zero-order chi connectivity index (χ0) is 16.4. The molecule has 0 N–H and O–H groups in total. The van der Waals surface area contributed by atoms with E-state index in [-0.39, 0.29) is 11.6 Å². The van der Waals surface area contributed by atoms with Gasteiger partial charge in [0, 0.05) is 6.07 Å². The van der Waals surface area contributed by atoms with Crippen LogP contribution in [0.2, 0.25) is 0 Å². The summed E-state index contributed by atoms with van der Waals surface area (Å²) >= 11 is 0. The Morgan fingerprint density at radius 1 is 1.09 bits per heavy atom. The van der Waals surface area contributed by atoms with Crippen molar-refractivity contribution in [3.05, 3.63) is 53.7 Å². The van der Waals surface area contributed by atoms with Crippen molar-refractivity contribution in [2.75, 3.05) is 7.11 Å². The summed E-state index contributed by atoms with van der Waals surface area (Å²) < 4.78 is 38.0. The SMILES string of the molecule is COc1cc(Oc2cnc3ccccc3n2)c(F)c(F)c1C#N. The molecular formula is C16H9F2N3O2. The van der Waals surface area contributed by atoms with Crippen LogP contribution in [-0.2, 0) is 0 Å². The van der Waals surface area contributed by atoms with Crippen molar-refractivity contribution in [3.8, 4) is 23.4 Å². The maximum atomic E-state index is 14.0. The van der Waals surface area contributed by atoms with E-state index in [0.717, 1.165) is 6.07 Å². The summed E-state index contributed by atoms with van der Waals surface area (Å²) in [5.74, 6) is -3.21. The maximum Gasteiger partial charge on any atom is 0.238 e. The molecule has 0 aliphatic heterocycles. The Morgan fingerprint density at radius 2 is 1.83 bits per heavy atom. The van der Waals surface area contributed by atoms with Gasteiger partial charge >= 0.3 is 0 Å². The van der Waals surface area contributed by atoms with Crippen molar-refractivity contribution in [1.82, 2.24) is 9.97 Å². The van der Waals surface area contributed by atoms with Crippen LogP contribution in [-0.4, -0.2) is 17.1 Å². The highest BCUT2D eigenvalue weighted by molar-refractivity contribution is 5.74. The van der Waals surface area contributed by atoms with E-state index in [1.807, 2.05) is 0 Å². The van der Waals surface area contributed by atoms with Gasteiger partial charge in [-0.15, -0.1) is 0 Å². The van der Waals surface area contributed by atoms with Crippen LogP contribution >= 0.6 is 0 Å². The van der Waals surface area contributed by atoms with E-state index in [4.69, 9.17) is 14.7 Å². The Morgan fingerprint density at radius 3 is 2.52 bits per heavy atom. The summed E-state index contributed by atoms with van der Waals surface area (Å²) in [7, 11) is 1.24. The van der Waals surface area contributed by atoms with Gasteiger partial charge in [0.05, 0.1) is 24.3 Å². The molecule has 0 saturated carbocycles. The van der Waals surface area contributed by atoms with Crippen molar-refractivity contribution in [1.29, 1.82) is 5.26 Å². The van der Waals surface area contributed by atoms with Gasteiger partial charge in [-0.25, -0.2) is 14.4 Å². The molecule has 1 aromatic heterocycles. The molecule has 0 aliphatic carbocycles. The molecule has 7 heteroatoms. The third-order valence-electron chi connectivity index (χ3n) is 3.11. The third-order valence-corrected chi connectivity index (χ3v) is 3.11. The molecule has 0 radical (unpaired) electrons. The second kappa shape index (κ2) is 5.85. The fourth-order valence-corrected chi connectivity index (χ4v) is 2.02. The molecular weight excluding hydrogens is 304 g/mol. The van der Waals surface area contributed by atoms with E-state index in [1.54, 1.807) is 30.3 Å². The number of para-hydroxylation sites is 2. The lowest BCUT2D eigenvalue weighted by molar-refractivity contribution is 0.378. The van der Waals surface area contributed by atoms with Gasteiger partial charge in [0.2, 0.25) is 11.7 Å². The minimum Gasteiger partial charge on any atom is -0.495 e. The number of hydrogen-bond acceptors (Lipinski definition) is 5. The van der Waals surface area contributed by atoms with Crippen molar-refractivity contribution in [2.45, 2.75) is 0 Å². The van der Waals surface area contributed by atoms with E-state index in [9.17, 15) is 8.78 Å². The molecule has 0 aliphatic rings. The first-order valence-corrected chi connectivity index (χ1v) is 6.49. The number of fused-ring (bicyclic) bond motifs is 1. The van der Waals surface area contributed by atoms with Crippen molar-refractivity contribution < 1.29 is 18.3 Å². The number of ether oxygens (including phenoxy) is 2. The molecule has 0 amide bonds. The van der Waals surface area contributed by atoms with Crippen molar-refractivity contribution >= 4 is 11.0 Å². The molecule has 5 nitrogen and oxygen atoms in total. The van der Waals surface area contributed by atoms with Crippen LogP contribution in [0.1, 0.15) is 5.56 Å². The van der Waals surface area contributed by atoms with E-state index in [1.165, 1.54) is 13.3 Å². The average Bonchev–Trinajstić information content (AvgIpc) is 2.58. The van der Waals surface area contributed by atoms with Gasteiger partial charge in [-0.2, -0.15) is 9.65 Å². The van der Waals surface area contributed by atoms with Crippen LogP contribution in [0.3, 0.4) is 0 Å². The molecule has 2 aromatic carbocycles. The Labute approximate surface area is 129 Å². The highest BCUT2D eigenvalue weighted by Gasteiger charge is 2.21. The highest BCUT2D eigenvalue weighted by Crippen LogP contribution is 2.33. The molecule has 0 unspecified atom stereocenters. The largest absolute Gasteiger partial charge is 0.495 e. The topological polar surface area (TPSA) is 68.0 Å². The Bertz CT molecular complexity index is 938. The second-order valence-electron chi connectivity index (χ2n) is 4.49. The van der Waals surface area contributed by atoms with E-state index in [2.05, 4.69) is 9.97 Å². The Hall–Kier alpha value is -3.27. The molecule has 0 saturated heterocycles. The van der Waals surface area contributed by atoms with Crippen LogP contribution < -0.4 is 9.47 Å². The number of aromatic nitrogens is 2. The number of halogens is 2. The average molecular weight is 313 g/mol. The fraction of sp³-hybridized carbons (Fsp3) is 0.0625. The summed E-state index contributed by atoms with van der Waals surface area (Å²) in [6.07, 6.45) is 1.30. The minimum absolute atomic E-state index is 0.00578. The number of nitrogens with zero attached hydrogens (tertiary/aromatic N) is 3. The minimum atomic E-state index is -1.34. The molecule has 114 valence electrons. The first-order valence-electron chi connectivity index (χ1n) is 6.49. The molecule has 23 heavy (non-hydrogen) atoms. The number of nitriles is 1. The smallest absolute Gasteiger partial charge is 0.238 e. The lowest BCUT2D eigenvalue weighted by atomic mass is 10.2. The van der Waals surface area contributed by atoms with Gasteiger partial charge in [-0.05, 0) is 12.1 Å². The van der Waals surface area contributed by atoms with Gasteiger partial charge in [-0.1, -0.05) is 12.1 Å². The van der Waals surface area contributed by atoms with Gasteiger partial charge in [0.25, 0.3) is 0 Å². The summed E-state index contributed by atoms with van der Waals surface area (Å²) in [5.41, 5.74) is 0.664. The standard InChI is InChI=1S/C16H9F2N3O2/c1-22-12-6-13(16(18)15(17)9(12)7-19)23-14-8-20-10-4-2-3-5-11(10)21-14/h2-6,8H,1H3. The summed E-state index contributed by atoms with van der Waals surface area (Å²) in [5, 5.41) is 8.85. The number of hydrogen-bond donors (Lipinski definition) is 0. The number of rotatable bonds is 3. The molecule has 0 bridgehead atoms. The molecule has 3 rings (SSSR count). The van der Waals surface area contributed by atoms with Crippen molar-refractivity contribution in [3.63, 3.8) is 0 Å². The third kappa shape index (κ3) is 2.62. The summed E-state index contributed by atoms with van der Waals surface area (Å²) in [4.78, 5) is 8.28. The van der Waals surface area contributed by atoms with Gasteiger partial charge in [0.1, 0.15) is 17.4 Å². The fourth-order valence-electron chi connectivity index (χ4n) is 2.02. The predicted molar refractivity (Wildman–Crippen MR) is 77.2 cm³/mol. The molecule has 3 aromatic rings. The maximum absolute atomic E-state index is 14.0. The quantitative estimate of drug-likeness (QED) is 0.739. The lowest BCUT2D eigenvalue weighted by Gasteiger charge is -2.10. The summed E-state index contributed by atoms with van der Waals surface area (Å²) in [6.45, 7) is 0. The van der Waals surface area contributed by atoms with Crippen LogP contribution in [0.15, 0.2) is 36.5 Å². The zero-order valence-electron chi connectivity index (χ0n) is 11.9. The molecule has 0 atom stereocenters. The normalized spacial score (nSPS) is 10.3. The van der Waals surface area contributed by atoms with Gasteiger partial charge in [-0.3, -0.25) is 0 Å². The zero-order valence-corrected chi connectivity index (χ0v) is 11.9. The monoisotopic (exact) mass is 313 g/mol. The van der Waals surface area contributed by atoms with Gasteiger partial charge < -0.3 is 9.47 Å². The summed E-state index contributed by atoms with van der Waals surface area (Å²) in [6, 6.07) is 9.69. The van der Waals surface area contributed by atoms with E-state index < -0.39 is 22.9 Å². The van der Waals surface area contributed by atoms with Crippen LogP contribution in [0.5, 0.6) is 17.4 Å². The molecule has 0 spiro atoms. The van der Waals surface area contributed by atoms with E-state index >= 15 is 0 Å². The second-order valence-corrected chi connectivity index (χ2v) is 4.49. The molecule has 0 fully saturated rings. The first kappa shape index (κ1) is 14.7. The Kier molecular flexibility index (Phi) is 3.73. The van der Waals surface area contributed by atoms with E-state index in [0.29, 0.717) is 11.0 Å². The van der Waals surface area contributed by atoms with Crippen LogP contribution in [0, 0.1) is 23.0 Å². The molecule has 1 heterocycles. The van der Waals surface area contributed by atoms with Crippen LogP contribution in [0.25, 0.3) is 11.0 Å².